The van der Waals surface area contributed by atoms with E-state index in [0.717, 1.165) is 0 Å². The normalized spacial score (nSPS) is 13.2. The lowest BCUT2D eigenvalue weighted by Gasteiger charge is -2.25. The van der Waals surface area contributed by atoms with Crippen molar-refractivity contribution in [2.24, 2.45) is 0 Å². The molecule has 0 fully saturated rings. The van der Waals surface area contributed by atoms with E-state index < -0.39 is 0 Å². The molecule has 0 N–H and O–H groups in total. The highest BCUT2D eigenvalue weighted by Crippen LogP contribution is 2.39. The van der Waals surface area contributed by atoms with Gasteiger partial charge in [-0.1, -0.05) is 41.5 Å². The summed E-state index contributed by atoms with van der Waals surface area (Å²) in [5.74, 6) is 0. The molecule has 0 aliphatic carbocycles. The van der Waals surface area contributed by atoms with E-state index >= 15 is 0 Å². The minimum absolute atomic E-state index is 0.297. The van der Waals surface area contributed by atoms with Gasteiger partial charge >= 0.3 is 0 Å². The summed E-state index contributed by atoms with van der Waals surface area (Å²) in [5, 5.41) is 0. The summed E-state index contributed by atoms with van der Waals surface area (Å²) >= 11 is 2.00. The van der Waals surface area contributed by atoms with Crippen LogP contribution in [0.2, 0.25) is 0 Å². The summed E-state index contributed by atoms with van der Waals surface area (Å²) in [4.78, 5) is 3.06. The molecule has 1 aromatic rings. The second-order valence-electron chi connectivity index (χ2n) is 5.68. The summed E-state index contributed by atoms with van der Waals surface area (Å²) in [5.41, 5.74) is 0.680. The second kappa shape index (κ2) is 4.29. The monoisotopic (exact) mass is 224 g/mol. The lowest BCUT2D eigenvalue weighted by atomic mass is 9.83. The Balaban J connectivity index is 3.03. The molecule has 1 rings (SSSR count). The smallest absolute Gasteiger partial charge is 0.0107 e. The molecule has 0 aliphatic rings. The molecule has 0 unspecified atom stereocenters. The van der Waals surface area contributed by atoms with E-state index in [1.165, 1.54) is 17.7 Å². The lowest BCUT2D eigenvalue weighted by Crippen LogP contribution is -2.17. The Bertz CT molecular complexity index is 310. The third-order valence-electron chi connectivity index (χ3n) is 3.50. The van der Waals surface area contributed by atoms with Crippen molar-refractivity contribution in [1.29, 1.82) is 0 Å². The summed E-state index contributed by atoms with van der Waals surface area (Å²) in [6, 6.07) is 4.64. The molecule has 0 radical (unpaired) electrons. The van der Waals surface area contributed by atoms with E-state index in [4.69, 9.17) is 0 Å². The van der Waals surface area contributed by atoms with Gasteiger partial charge in [0.25, 0.3) is 0 Å². The van der Waals surface area contributed by atoms with Crippen LogP contribution in [-0.4, -0.2) is 0 Å². The maximum absolute atomic E-state index is 2.38. The van der Waals surface area contributed by atoms with Crippen LogP contribution in [0.4, 0.5) is 0 Å². The van der Waals surface area contributed by atoms with Gasteiger partial charge in [0.2, 0.25) is 0 Å². The Morgan fingerprint density at radius 3 is 1.73 bits per heavy atom. The summed E-state index contributed by atoms with van der Waals surface area (Å²) in [7, 11) is 0. The standard InChI is InChI=1S/C14H24S/c1-7-14(6,8-2)12-10-9-11(15-12)13(3,4)5/h9-10H,7-8H2,1-6H3. The highest BCUT2D eigenvalue weighted by Gasteiger charge is 2.26. The molecule has 1 heterocycles. The topological polar surface area (TPSA) is 0 Å². The van der Waals surface area contributed by atoms with Gasteiger partial charge in [0.15, 0.2) is 0 Å². The maximum Gasteiger partial charge on any atom is 0.0107 e. The summed E-state index contributed by atoms with van der Waals surface area (Å²) in [6.07, 6.45) is 2.46. The van der Waals surface area contributed by atoms with E-state index in [1.807, 2.05) is 11.3 Å². The Morgan fingerprint density at radius 2 is 1.40 bits per heavy atom. The van der Waals surface area contributed by atoms with Crippen molar-refractivity contribution < 1.29 is 0 Å². The van der Waals surface area contributed by atoms with Crippen LogP contribution in [0.3, 0.4) is 0 Å². The van der Waals surface area contributed by atoms with Crippen molar-refractivity contribution >= 4 is 11.3 Å². The van der Waals surface area contributed by atoms with Crippen molar-refractivity contribution in [2.45, 2.75) is 65.2 Å². The Labute approximate surface area is 98.7 Å². The molecule has 1 heteroatoms. The average Bonchev–Trinajstić information content (AvgIpc) is 2.65. The van der Waals surface area contributed by atoms with Gasteiger partial charge in [0.1, 0.15) is 0 Å². The predicted molar refractivity (Wildman–Crippen MR) is 71.0 cm³/mol. The van der Waals surface area contributed by atoms with Gasteiger partial charge in [0, 0.05) is 15.2 Å². The maximum atomic E-state index is 2.38. The first kappa shape index (κ1) is 12.8. The lowest BCUT2D eigenvalue weighted by molar-refractivity contribution is 0.448. The van der Waals surface area contributed by atoms with Crippen LogP contribution in [0.15, 0.2) is 12.1 Å². The van der Waals surface area contributed by atoms with Gasteiger partial charge in [-0.2, -0.15) is 0 Å². The van der Waals surface area contributed by atoms with Crippen molar-refractivity contribution in [3.63, 3.8) is 0 Å². The molecule has 0 aliphatic heterocycles. The van der Waals surface area contributed by atoms with Crippen molar-refractivity contribution in [1.82, 2.24) is 0 Å². The molecular weight excluding hydrogens is 200 g/mol. The van der Waals surface area contributed by atoms with E-state index in [1.54, 1.807) is 4.88 Å². The van der Waals surface area contributed by atoms with E-state index in [2.05, 4.69) is 53.7 Å². The number of hydrogen-bond acceptors (Lipinski definition) is 1. The molecule has 86 valence electrons. The zero-order chi connectivity index (χ0) is 11.7. The Hall–Kier alpha value is -0.300. The molecular formula is C14H24S. The fourth-order valence-corrected chi connectivity index (χ4v) is 3.01. The third kappa shape index (κ3) is 2.63. The quantitative estimate of drug-likeness (QED) is 0.668. The summed E-state index contributed by atoms with van der Waals surface area (Å²) < 4.78 is 0. The van der Waals surface area contributed by atoms with Gasteiger partial charge in [0.05, 0.1) is 0 Å². The Kier molecular flexibility index (Phi) is 3.65. The van der Waals surface area contributed by atoms with Gasteiger partial charge in [-0.05, 0) is 30.4 Å². The minimum atomic E-state index is 0.297. The van der Waals surface area contributed by atoms with Crippen LogP contribution in [0, 0.1) is 0 Å². The zero-order valence-electron chi connectivity index (χ0n) is 11.0. The molecule has 1 aromatic heterocycles. The van der Waals surface area contributed by atoms with E-state index in [9.17, 15) is 0 Å². The van der Waals surface area contributed by atoms with Crippen LogP contribution >= 0.6 is 11.3 Å². The predicted octanol–water partition coefficient (Wildman–Crippen LogP) is 5.12. The van der Waals surface area contributed by atoms with Crippen LogP contribution in [0.25, 0.3) is 0 Å². The molecule has 0 atom stereocenters. The molecule has 0 aromatic carbocycles. The van der Waals surface area contributed by atoms with Crippen LogP contribution in [0.5, 0.6) is 0 Å². The van der Waals surface area contributed by atoms with Crippen molar-refractivity contribution in [3.05, 3.63) is 21.9 Å². The zero-order valence-corrected chi connectivity index (χ0v) is 11.8. The van der Waals surface area contributed by atoms with E-state index in [0.29, 0.717) is 10.8 Å². The van der Waals surface area contributed by atoms with Gasteiger partial charge in [-0.25, -0.2) is 0 Å². The summed E-state index contributed by atoms with van der Waals surface area (Å²) in [6.45, 7) is 13.8. The molecule has 0 saturated heterocycles. The fourth-order valence-electron chi connectivity index (χ4n) is 1.66. The Morgan fingerprint density at radius 1 is 0.933 bits per heavy atom. The molecule has 0 spiro atoms. The van der Waals surface area contributed by atoms with Crippen molar-refractivity contribution in [2.75, 3.05) is 0 Å². The first-order valence-electron chi connectivity index (χ1n) is 5.94. The third-order valence-corrected chi connectivity index (χ3v) is 5.32. The highest BCUT2D eigenvalue weighted by atomic mass is 32.1. The SMILES string of the molecule is CCC(C)(CC)c1ccc(C(C)(C)C)s1. The minimum Gasteiger partial charge on any atom is -0.144 e. The number of rotatable bonds is 3. The number of hydrogen-bond donors (Lipinski definition) is 0. The van der Waals surface area contributed by atoms with Gasteiger partial charge in [-0.15, -0.1) is 11.3 Å². The van der Waals surface area contributed by atoms with Crippen LogP contribution < -0.4 is 0 Å². The number of thiophene rings is 1. The van der Waals surface area contributed by atoms with Crippen molar-refractivity contribution in [3.8, 4) is 0 Å². The first-order chi connectivity index (χ1) is 6.83. The highest BCUT2D eigenvalue weighted by molar-refractivity contribution is 7.12. The molecule has 0 bridgehead atoms. The van der Waals surface area contributed by atoms with Gasteiger partial charge < -0.3 is 0 Å². The van der Waals surface area contributed by atoms with Gasteiger partial charge in [-0.3, -0.25) is 0 Å². The molecule has 0 nitrogen and oxygen atoms in total. The van der Waals surface area contributed by atoms with E-state index in [-0.39, 0.29) is 0 Å². The molecule has 15 heavy (non-hydrogen) atoms. The average molecular weight is 224 g/mol. The molecule has 0 amide bonds. The largest absolute Gasteiger partial charge is 0.144 e. The molecule has 0 saturated carbocycles. The first-order valence-corrected chi connectivity index (χ1v) is 6.76. The fraction of sp³-hybridized carbons (Fsp3) is 0.714. The van der Waals surface area contributed by atoms with Crippen LogP contribution in [0.1, 0.15) is 64.1 Å². The second-order valence-corrected chi connectivity index (χ2v) is 6.77. The van der Waals surface area contributed by atoms with Crippen LogP contribution in [-0.2, 0) is 10.8 Å².